The van der Waals surface area contributed by atoms with Gasteiger partial charge >= 0.3 is 0 Å². The fourth-order valence-electron chi connectivity index (χ4n) is 11.3. The van der Waals surface area contributed by atoms with Gasteiger partial charge in [0.1, 0.15) is 0 Å². The predicted molar refractivity (Wildman–Crippen MR) is 305 cm³/mol. The molecule has 0 spiro atoms. The van der Waals surface area contributed by atoms with Crippen LogP contribution in [0.1, 0.15) is 52.7 Å². The maximum Gasteiger partial charge on any atom is 0.0658 e. The van der Waals surface area contributed by atoms with E-state index in [4.69, 9.17) is 0 Å². The van der Waals surface area contributed by atoms with E-state index in [1.54, 1.807) is 0 Å². The van der Waals surface area contributed by atoms with Gasteiger partial charge in [-0.05, 0) is 142 Å². The van der Waals surface area contributed by atoms with E-state index in [2.05, 4.69) is 278 Å². The van der Waals surface area contributed by atoms with Gasteiger partial charge in [-0.2, -0.15) is 0 Å². The lowest BCUT2D eigenvalue weighted by molar-refractivity contribution is 0.590. The van der Waals surface area contributed by atoms with E-state index in [1.807, 2.05) is 0 Å². The van der Waals surface area contributed by atoms with Crippen LogP contribution in [0.2, 0.25) is 0 Å². The highest BCUT2D eigenvalue weighted by Crippen LogP contribution is 2.49. The Bertz CT molecular complexity index is 3790. The summed E-state index contributed by atoms with van der Waals surface area (Å²) < 4.78 is 6.04. The Morgan fingerprint density at radius 2 is 0.614 bits per heavy atom. The van der Waals surface area contributed by atoms with E-state index in [0.29, 0.717) is 0 Å². The first-order chi connectivity index (χ1) is 33.9. The Hall–Kier alpha value is -7.66. The van der Waals surface area contributed by atoms with Crippen LogP contribution in [-0.2, 0) is 10.8 Å². The van der Waals surface area contributed by atoms with Gasteiger partial charge in [0.15, 0.2) is 0 Å². The molecule has 70 heavy (non-hydrogen) atoms. The lowest BCUT2D eigenvalue weighted by atomic mass is 9.86. The van der Waals surface area contributed by atoms with Crippen molar-refractivity contribution in [3.8, 4) is 11.4 Å². The zero-order valence-electron chi connectivity index (χ0n) is 40.3. The van der Waals surface area contributed by atoms with E-state index < -0.39 is 0 Å². The molecule has 0 amide bonds. The second-order valence-electron chi connectivity index (χ2n) is 21.1. The minimum Gasteiger partial charge on any atom is -0.310 e. The molecule has 3 nitrogen and oxygen atoms in total. The number of rotatable bonds is 5. The van der Waals surface area contributed by atoms with E-state index in [9.17, 15) is 0 Å². The number of aromatic nitrogens is 2. The molecule has 338 valence electrons. The second kappa shape index (κ2) is 15.7. The summed E-state index contributed by atoms with van der Waals surface area (Å²) in [7, 11) is 0. The minimum atomic E-state index is 0.00538. The normalized spacial score (nSPS) is 12.5. The maximum atomic E-state index is 4.46. The van der Waals surface area contributed by atoms with Crippen molar-refractivity contribution in [2.24, 2.45) is 0 Å². The summed E-state index contributed by atoms with van der Waals surface area (Å²) in [6.45, 7) is 13.7. The molecular weight excluding hydrogens is 915 g/mol. The molecule has 2 heterocycles. The Balaban J connectivity index is 1.20. The Morgan fingerprint density at radius 3 is 0.900 bits per heavy atom. The van der Waals surface area contributed by atoms with E-state index >= 15 is 0 Å². The molecule has 0 atom stereocenters. The van der Waals surface area contributed by atoms with Crippen molar-refractivity contribution in [2.45, 2.75) is 52.4 Å². The van der Waals surface area contributed by atoms with Crippen molar-refractivity contribution in [2.75, 3.05) is 4.90 Å². The number of anilines is 3. The first-order valence-electron chi connectivity index (χ1n) is 24.5. The SMILES string of the molecule is CC(C)(C)c1ccc(N(c2ccc(C(C)(C)C)cc2)c2cc(-n3c4ccc5ccccc5c4c4c5ccccc5ccc43)c(Br)c(-n3c4ccc5ccccc5c4c4c5ccccc5ccc43)c2)cc1. The van der Waals surface area contributed by atoms with Gasteiger partial charge in [0.05, 0.1) is 43.6 Å². The first kappa shape index (κ1) is 42.4. The molecule has 4 heteroatoms. The monoisotopic (exact) mass is 965 g/mol. The van der Waals surface area contributed by atoms with Crippen molar-refractivity contribution in [1.29, 1.82) is 0 Å². The van der Waals surface area contributed by atoms with Crippen molar-refractivity contribution in [3.05, 3.63) is 222 Å². The van der Waals surface area contributed by atoms with Crippen LogP contribution >= 0.6 is 15.9 Å². The summed E-state index contributed by atoms with van der Waals surface area (Å²) >= 11 is 4.46. The standard InChI is InChI=1S/C66H52BrN3/c1-65(2,3)45-27-31-47(32-28-45)68(48-33-29-46(30-34-48)66(4,5)6)49-39-58(69-54-35-23-41-15-7-11-19-50(41)60(54)61-51-20-12-8-16-42(51)24-36-55(61)69)64(67)59(40-49)70-56-37-25-43-17-9-13-21-52(43)62(56)63-53-22-14-10-18-44(53)26-38-57(63)70/h7-40H,1-6H3. The highest BCUT2D eigenvalue weighted by molar-refractivity contribution is 9.10. The number of hydrogen-bond donors (Lipinski definition) is 0. The van der Waals surface area contributed by atoms with Gasteiger partial charge in [-0.1, -0.05) is 187 Å². The number of fused-ring (bicyclic) bond motifs is 14. The second-order valence-corrected chi connectivity index (χ2v) is 21.9. The maximum absolute atomic E-state index is 4.46. The van der Waals surface area contributed by atoms with Crippen LogP contribution in [0.15, 0.2) is 211 Å². The Morgan fingerprint density at radius 1 is 0.329 bits per heavy atom. The molecule has 0 aliphatic carbocycles. The van der Waals surface area contributed by atoms with Crippen molar-refractivity contribution in [1.82, 2.24) is 9.13 Å². The van der Waals surface area contributed by atoms with Gasteiger partial charge in [0.2, 0.25) is 0 Å². The van der Waals surface area contributed by atoms with Crippen molar-refractivity contribution >= 4 is 120 Å². The quantitative estimate of drug-likeness (QED) is 0.168. The van der Waals surface area contributed by atoms with Gasteiger partial charge in [-0.3, -0.25) is 0 Å². The number of hydrogen-bond acceptors (Lipinski definition) is 1. The zero-order valence-corrected chi connectivity index (χ0v) is 41.9. The van der Waals surface area contributed by atoms with E-state index in [1.165, 1.54) is 75.8 Å². The predicted octanol–water partition coefficient (Wildman–Crippen LogP) is 19.3. The van der Waals surface area contributed by atoms with E-state index in [-0.39, 0.29) is 10.8 Å². The molecule has 13 rings (SSSR count). The molecule has 2 aromatic heterocycles. The average molecular weight is 967 g/mol. The van der Waals surface area contributed by atoms with Gasteiger partial charge in [0.25, 0.3) is 0 Å². The minimum absolute atomic E-state index is 0.00538. The third-order valence-electron chi connectivity index (χ3n) is 14.8. The molecule has 11 aromatic carbocycles. The lowest BCUT2D eigenvalue weighted by Crippen LogP contribution is -2.15. The Kier molecular flexibility index (Phi) is 9.51. The largest absolute Gasteiger partial charge is 0.310 e. The number of benzene rings is 11. The van der Waals surface area contributed by atoms with E-state index in [0.717, 1.165) is 55.0 Å². The fourth-order valence-corrected chi connectivity index (χ4v) is 11.9. The molecule has 0 bridgehead atoms. The van der Waals surface area contributed by atoms with Crippen LogP contribution in [0.4, 0.5) is 17.1 Å². The lowest BCUT2D eigenvalue weighted by Gasteiger charge is -2.29. The van der Waals surface area contributed by atoms with Gasteiger partial charge in [0, 0.05) is 32.9 Å². The molecule has 0 fully saturated rings. The summed E-state index contributed by atoms with van der Waals surface area (Å²) in [5.74, 6) is 0. The van der Waals surface area contributed by atoms with Crippen LogP contribution in [0.3, 0.4) is 0 Å². The zero-order chi connectivity index (χ0) is 47.6. The molecule has 0 radical (unpaired) electrons. The molecule has 0 aliphatic heterocycles. The highest BCUT2D eigenvalue weighted by atomic mass is 79.9. The van der Waals surface area contributed by atoms with Gasteiger partial charge in [-0.25, -0.2) is 0 Å². The summed E-state index contributed by atoms with van der Waals surface area (Å²) in [6, 6.07) is 77.1. The summed E-state index contributed by atoms with van der Waals surface area (Å²) in [5, 5.41) is 14.9. The average Bonchev–Trinajstić information content (AvgIpc) is 3.91. The van der Waals surface area contributed by atoms with Gasteiger partial charge in [-0.15, -0.1) is 0 Å². The molecule has 13 aromatic rings. The molecule has 0 saturated carbocycles. The fraction of sp³-hybridized carbons (Fsp3) is 0.121. The molecule has 0 saturated heterocycles. The van der Waals surface area contributed by atoms with Crippen LogP contribution in [0.5, 0.6) is 0 Å². The molecule has 0 unspecified atom stereocenters. The molecular formula is C66H52BrN3. The third-order valence-corrected chi connectivity index (χ3v) is 15.6. The summed E-state index contributed by atoms with van der Waals surface area (Å²) in [5.41, 5.74) is 12.6. The number of nitrogens with zero attached hydrogens (tertiary/aromatic N) is 3. The van der Waals surface area contributed by atoms with Crippen molar-refractivity contribution in [3.63, 3.8) is 0 Å². The summed E-state index contributed by atoms with van der Waals surface area (Å²) in [6.07, 6.45) is 0. The highest BCUT2D eigenvalue weighted by Gasteiger charge is 2.27. The van der Waals surface area contributed by atoms with Crippen LogP contribution in [0.25, 0.3) is 98.1 Å². The van der Waals surface area contributed by atoms with Crippen LogP contribution in [-0.4, -0.2) is 9.13 Å². The summed E-state index contributed by atoms with van der Waals surface area (Å²) in [4.78, 5) is 2.45. The first-order valence-corrected chi connectivity index (χ1v) is 25.2. The number of halogens is 1. The molecule has 0 N–H and O–H groups in total. The van der Waals surface area contributed by atoms with Crippen LogP contribution < -0.4 is 4.90 Å². The Labute approximate surface area is 416 Å². The van der Waals surface area contributed by atoms with Gasteiger partial charge < -0.3 is 14.0 Å². The molecule has 0 aliphatic rings. The van der Waals surface area contributed by atoms with Crippen molar-refractivity contribution < 1.29 is 0 Å². The smallest absolute Gasteiger partial charge is 0.0658 e. The third kappa shape index (κ3) is 6.53. The topological polar surface area (TPSA) is 13.1 Å². The van der Waals surface area contributed by atoms with Crippen LogP contribution in [0, 0.1) is 0 Å².